The third kappa shape index (κ3) is 3.15. The molecule has 4 rings (SSSR count). The fraction of sp³-hybridized carbons (Fsp3) is 0. The van der Waals surface area contributed by atoms with Gasteiger partial charge in [-0.1, -0.05) is 82.4 Å². The van der Waals surface area contributed by atoms with Crippen molar-refractivity contribution in [1.29, 1.82) is 0 Å². The summed E-state index contributed by atoms with van der Waals surface area (Å²) in [5, 5.41) is 2.28. The van der Waals surface area contributed by atoms with Gasteiger partial charge in [-0.15, -0.1) is 0 Å². The molecule has 0 radical (unpaired) electrons. The quantitative estimate of drug-likeness (QED) is 0.370. The van der Waals surface area contributed by atoms with Crippen LogP contribution in [0.1, 0.15) is 5.56 Å². The van der Waals surface area contributed by atoms with Gasteiger partial charge in [0.25, 0.3) is 5.91 Å². The van der Waals surface area contributed by atoms with E-state index in [2.05, 4.69) is 34.1 Å². The largest absolute Gasteiger partial charge is 0.270 e. The van der Waals surface area contributed by atoms with Crippen molar-refractivity contribution in [3.8, 4) is 0 Å². The van der Waals surface area contributed by atoms with Crippen molar-refractivity contribution >= 4 is 72.7 Å². The SMILES string of the molecule is O=C1C(=Cc2cccc3ccccc23)SC(=S)N1c1ccc(Br)cc1. The number of anilines is 1. The number of carbonyl (C=O) groups is 1. The average molecular weight is 426 g/mol. The monoisotopic (exact) mass is 425 g/mol. The second-order valence-electron chi connectivity index (χ2n) is 5.56. The van der Waals surface area contributed by atoms with E-state index >= 15 is 0 Å². The summed E-state index contributed by atoms with van der Waals surface area (Å²) < 4.78 is 1.52. The van der Waals surface area contributed by atoms with Crippen LogP contribution in [-0.2, 0) is 4.79 Å². The number of hydrogen-bond acceptors (Lipinski definition) is 3. The van der Waals surface area contributed by atoms with Gasteiger partial charge in [-0.25, -0.2) is 0 Å². The van der Waals surface area contributed by atoms with Crippen LogP contribution in [0.25, 0.3) is 16.8 Å². The van der Waals surface area contributed by atoms with Crippen molar-refractivity contribution in [2.75, 3.05) is 4.90 Å². The summed E-state index contributed by atoms with van der Waals surface area (Å²) in [5.41, 5.74) is 1.81. The summed E-state index contributed by atoms with van der Waals surface area (Å²) in [6.07, 6.45) is 1.93. The van der Waals surface area contributed by atoms with E-state index in [1.54, 1.807) is 4.90 Å². The maximum Gasteiger partial charge on any atom is 0.270 e. The number of benzene rings is 3. The average Bonchev–Trinajstić information content (AvgIpc) is 2.90. The third-order valence-corrected chi connectivity index (χ3v) is 5.82. The molecular formula is C20H12BrNOS2. The molecule has 1 fully saturated rings. The predicted octanol–water partition coefficient (Wildman–Crippen LogP) is 6.01. The fourth-order valence-electron chi connectivity index (χ4n) is 2.80. The van der Waals surface area contributed by atoms with Gasteiger partial charge in [0.1, 0.15) is 0 Å². The highest BCUT2D eigenvalue weighted by molar-refractivity contribution is 9.10. The first-order valence-corrected chi connectivity index (χ1v) is 9.66. The van der Waals surface area contributed by atoms with Gasteiger partial charge in [0.15, 0.2) is 4.32 Å². The number of nitrogens with zero attached hydrogens (tertiary/aromatic N) is 1. The zero-order valence-electron chi connectivity index (χ0n) is 13.0. The molecule has 25 heavy (non-hydrogen) atoms. The van der Waals surface area contributed by atoms with Gasteiger partial charge in [-0.3, -0.25) is 9.69 Å². The summed E-state index contributed by atoms with van der Waals surface area (Å²) >= 11 is 10.2. The number of thiocarbonyl (C=S) groups is 1. The molecule has 2 nitrogen and oxygen atoms in total. The van der Waals surface area contributed by atoms with Crippen LogP contribution in [0.5, 0.6) is 0 Å². The van der Waals surface area contributed by atoms with Crippen molar-refractivity contribution in [2.24, 2.45) is 0 Å². The standard InChI is InChI=1S/C20H12BrNOS2/c21-15-8-10-16(11-9-15)22-19(23)18(25-20(22)24)12-14-6-3-5-13-4-1-2-7-17(13)14/h1-12H. The Morgan fingerprint density at radius 2 is 1.68 bits per heavy atom. The Morgan fingerprint density at radius 1 is 0.960 bits per heavy atom. The molecule has 0 aromatic heterocycles. The van der Waals surface area contributed by atoms with Gasteiger partial charge in [0, 0.05) is 4.47 Å². The van der Waals surface area contributed by atoms with Crippen LogP contribution < -0.4 is 4.90 Å². The van der Waals surface area contributed by atoms with E-state index in [1.807, 2.05) is 54.6 Å². The first kappa shape index (κ1) is 16.5. The van der Waals surface area contributed by atoms with Crippen molar-refractivity contribution in [1.82, 2.24) is 0 Å². The molecule has 0 unspecified atom stereocenters. The van der Waals surface area contributed by atoms with E-state index in [-0.39, 0.29) is 5.91 Å². The second-order valence-corrected chi connectivity index (χ2v) is 8.15. The number of carbonyl (C=O) groups excluding carboxylic acids is 1. The lowest BCUT2D eigenvalue weighted by molar-refractivity contribution is -0.113. The minimum Gasteiger partial charge on any atom is -0.268 e. The Hall–Kier alpha value is -1.95. The molecular weight excluding hydrogens is 414 g/mol. The van der Waals surface area contributed by atoms with Crippen molar-refractivity contribution in [3.63, 3.8) is 0 Å². The molecule has 1 amide bonds. The lowest BCUT2D eigenvalue weighted by Gasteiger charge is -2.14. The highest BCUT2D eigenvalue weighted by Crippen LogP contribution is 2.37. The first-order valence-electron chi connectivity index (χ1n) is 7.65. The van der Waals surface area contributed by atoms with Gasteiger partial charge in [0.2, 0.25) is 0 Å². The minimum atomic E-state index is -0.0785. The van der Waals surface area contributed by atoms with E-state index in [0.717, 1.165) is 26.5 Å². The summed E-state index contributed by atoms with van der Waals surface area (Å²) in [6, 6.07) is 21.8. The van der Waals surface area contributed by atoms with E-state index in [9.17, 15) is 4.79 Å². The summed E-state index contributed by atoms with van der Waals surface area (Å²) in [6.45, 7) is 0. The van der Waals surface area contributed by atoms with Crippen LogP contribution in [-0.4, -0.2) is 10.2 Å². The fourth-order valence-corrected chi connectivity index (χ4v) is 4.35. The predicted molar refractivity (Wildman–Crippen MR) is 114 cm³/mol. The Bertz CT molecular complexity index is 1020. The molecule has 0 aliphatic carbocycles. The van der Waals surface area contributed by atoms with Crippen molar-refractivity contribution in [3.05, 3.63) is 81.7 Å². The van der Waals surface area contributed by atoms with Crippen LogP contribution in [0.3, 0.4) is 0 Å². The normalized spacial score (nSPS) is 16.2. The summed E-state index contributed by atoms with van der Waals surface area (Å²) in [7, 11) is 0. The van der Waals surface area contributed by atoms with E-state index < -0.39 is 0 Å². The molecule has 1 aliphatic heterocycles. The number of thioether (sulfide) groups is 1. The number of fused-ring (bicyclic) bond motifs is 1. The van der Waals surface area contributed by atoms with Crippen LogP contribution in [0, 0.1) is 0 Å². The molecule has 3 aromatic rings. The van der Waals surface area contributed by atoms with Crippen molar-refractivity contribution < 1.29 is 4.79 Å². The van der Waals surface area contributed by atoms with Gasteiger partial charge >= 0.3 is 0 Å². The van der Waals surface area contributed by atoms with Gasteiger partial charge in [-0.2, -0.15) is 0 Å². The lowest BCUT2D eigenvalue weighted by atomic mass is 10.0. The molecule has 1 heterocycles. The Labute approximate surface area is 163 Å². The Kier molecular flexibility index (Phi) is 4.46. The molecule has 1 saturated heterocycles. The topological polar surface area (TPSA) is 20.3 Å². The Morgan fingerprint density at radius 3 is 2.48 bits per heavy atom. The number of rotatable bonds is 2. The number of halogens is 1. The molecule has 0 spiro atoms. The maximum absolute atomic E-state index is 12.9. The van der Waals surface area contributed by atoms with Crippen LogP contribution in [0.2, 0.25) is 0 Å². The van der Waals surface area contributed by atoms with Gasteiger partial charge in [0.05, 0.1) is 10.6 Å². The van der Waals surface area contributed by atoms with Crippen molar-refractivity contribution in [2.45, 2.75) is 0 Å². The van der Waals surface area contributed by atoms with Gasteiger partial charge in [-0.05, 0) is 46.7 Å². The zero-order valence-corrected chi connectivity index (χ0v) is 16.2. The highest BCUT2D eigenvalue weighted by atomic mass is 79.9. The number of hydrogen-bond donors (Lipinski definition) is 0. The molecule has 122 valence electrons. The Balaban J connectivity index is 1.74. The number of amides is 1. The third-order valence-electron chi connectivity index (χ3n) is 3.99. The molecule has 0 atom stereocenters. The van der Waals surface area contributed by atoms with Gasteiger partial charge < -0.3 is 0 Å². The summed E-state index contributed by atoms with van der Waals surface area (Å²) in [4.78, 5) is 15.1. The van der Waals surface area contributed by atoms with E-state index in [0.29, 0.717) is 9.23 Å². The highest BCUT2D eigenvalue weighted by Gasteiger charge is 2.33. The van der Waals surface area contributed by atoms with E-state index in [4.69, 9.17) is 12.2 Å². The molecule has 0 bridgehead atoms. The van der Waals surface area contributed by atoms with Crippen LogP contribution in [0.15, 0.2) is 76.1 Å². The molecule has 3 aromatic carbocycles. The minimum absolute atomic E-state index is 0.0785. The lowest BCUT2D eigenvalue weighted by Crippen LogP contribution is -2.27. The first-order chi connectivity index (χ1) is 12.1. The second kappa shape index (κ2) is 6.75. The summed E-state index contributed by atoms with van der Waals surface area (Å²) in [5.74, 6) is -0.0785. The molecule has 0 N–H and O–H groups in total. The van der Waals surface area contributed by atoms with Crippen LogP contribution in [0.4, 0.5) is 5.69 Å². The van der Waals surface area contributed by atoms with Crippen LogP contribution >= 0.6 is 39.9 Å². The zero-order chi connectivity index (χ0) is 17.4. The molecule has 0 saturated carbocycles. The molecule has 5 heteroatoms. The smallest absolute Gasteiger partial charge is 0.268 e. The van der Waals surface area contributed by atoms with E-state index in [1.165, 1.54) is 11.8 Å². The molecule has 1 aliphatic rings. The maximum atomic E-state index is 12.9.